The highest BCUT2D eigenvalue weighted by Gasteiger charge is 2.45. The number of nitrogens with one attached hydrogen (secondary N) is 1. The lowest BCUT2D eigenvalue weighted by molar-refractivity contribution is 0.183. The molecule has 0 aliphatic carbocycles. The quantitative estimate of drug-likeness (QED) is 0.769. The Morgan fingerprint density at radius 3 is 2.38 bits per heavy atom. The number of hydrogen-bond acceptors (Lipinski definition) is 1. The monoisotopic (exact) mass is 216 g/mol. The third-order valence-electron chi connectivity index (χ3n) is 3.66. The maximum absolute atomic E-state index is 12.0. The number of amides is 2. The van der Waals surface area contributed by atoms with Crippen molar-refractivity contribution in [1.82, 2.24) is 10.2 Å². The number of rotatable bonds is 1. The van der Waals surface area contributed by atoms with E-state index in [2.05, 4.69) is 29.6 Å². The topological polar surface area (TPSA) is 32.3 Å². The number of fused-ring (bicyclic) bond motifs is 5. The lowest BCUT2D eigenvalue weighted by Gasteiger charge is -2.22. The van der Waals surface area contributed by atoms with Crippen LogP contribution < -0.4 is 5.32 Å². The second-order valence-corrected chi connectivity index (χ2v) is 4.48. The smallest absolute Gasteiger partial charge is 0.318 e. The first-order chi connectivity index (χ1) is 7.83. The average molecular weight is 216 g/mol. The van der Waals surface area contributed by atoms with Crippen LogP contribution in [0.1, 0.15) is 43.0 Å². The van der Waals surface area contributed by atoms with Crippen LogP contribution >= 0.6 is 0 Å². The van der Waals surface area contributed by atoms with Gasteiger partial charge in [0.1, 0.15) is 0 Å². The van der Waals surface area contributed by atoms with Gasteiger partial charge in [-0.25, -0.2) is 4.79 Å². The molecule has 3 heteroatoms. The maximum atomic E-state index is 12.0. The molecule has 2 aliphatic rings. The van der Waals surface area contributed by atoms with E-state index in [4.69, 9.17) is 0 Å². The fraction of sp³-hybridized carbons (Fsp3) is 0.462. The summed E-state index contributed by atoms with van der Waals surface area (Å²) in [4.78, 5) is 14.0. The first-order valence-corrected chi connectivity index (χ1v) is 5.98. The lowest BCUT2D eigenvalue weighted by Crippen LogP contribution is -2.37. The summed E-state index contributed by atoms with van der Waals surface area (Å²) in [7, 11) is 0. The summed E-state index contributed by atoms with van der Waals surface area (Å²) < 4.78 is 0. The van der Waals surface area contributed by atoms with Crippen LogP contribution in [-0.4, -0.2) is 17.5 Å². The van der Waals surface area contributed by atoms with Crippen molar-refractivity contribution in [3.05, 3.63) is 35.4 Å². The largest absolute Gasteiger partial charge is 0.338 e. The molecule has 2 amide bonds. The van der Waals surface area contributed by atoms with Gasteiger partial charge in [0.25, 0.3) is 0 Å². The minimum absolute atomic E-state index is 0.0891. The molecule has 3 nitrogen and oxygen atoms in total. The van der Waals surface area contributed by atoms with Crippen molar-refractivity contribution in [3.8, 4) is 0 Å². The molecule has 0 spiro atoms. The van der Waals surface area contributed by atoms with E-state index in [1.54, 1.807) is 0 Å². The normalized spacial score (nSPS) is 25.7. The van der Waals surface area contributed by atoms with Gasteiger partial charge < -0.3 is 10.2 Å². The molecule has 0 saturated carbocycles. The van der Waals surface area contributed by atoms with Crippen LogP contribution in [0.25, 0.3) is 0 Å². The molecule has 0 aromatic heterocycles. The van der Waals surface area contributed by atoms with Crippen LogP contribution in [0.5, 0.6) is 0 Å². The van der Waals surface area contributed by atoms with Crippen molar-refractivity contribution < 1.29 is 4.79 Å². The Morgan fingerprint density at radius 2 is 1.88 bits per heavy atom. The number of hydrogen-bond donors (Lipinski definition) is 1. The first kappa shape index (κ1) is 9.70. The summed E-state index contributed by atoms with van der Waals surface area (Å²) >= 11 is 0. The fourth-order valence-electron chi connectivity index (χ4n) is 3.07. The summed E-state index contributed by atoms with van der Waals surface area (Å²) in [5.41, 5.74) is 2.70. The van der Waals surface area contributed by atoms with E-state index in [0.29, 0.717) is 18.6 Å². The van der Waals surface area contributed by atoms with E-state index in [1.165, 1.54) is 11.1 Å². The van der Waals surface area contributed by atoms with Crippen LogP contribution in [0.2, 0.25) is 0 Å². The van der Waals surface area contributed by atoms with Gasteiger partial charge in [-0.05, 0) is 30.9 Å². The van der Waals surface area contributed by atoms with E-state index >= 15 is 0 Å². The molecule has 2 heterocycles. The number of carbonyl (C=O) groups is 1. The molecule has 1 fully saturated rings. The number of urea groups is 1. The van der Waals surface area contributed by atoms with Crippen molar-refractivity contribution in [2.75, 3.05) is 6.54 Å². The summed E-state index contributed by atoms with van der Waals surface area (Å²) in [6, 6.07) is 9.16. The van der Waals surface area contributed by atoms with Crippen LogP contribution in [0.3, 0.4) is 0 Å². The van der Waals surface area contributed by atoms with Crippen LogP contribution in [0, 0.1) is 0 Å². The Balaban J connectivity index is 1.95. The highest BCUT2D eigenvalue weighted by molar-refractivity contribution is 5.77. The van der Waals surface area contributed by atoms with Gasteiger partial charge in [-0.3, -0.25) is 0 Å². The maximum Gasteiger partial charge on any atom is 0.318 e. The highest BCUT2D eigenvalue weighted by atomic mass is 16.2. The standard InChI is InChI=1S/C13H16N2O/c1-2-14-13(16)15-11-7-8-12(15)10-6-4-3-5-9(10)11/h3-6,11-12H,2,7-8H2,1H3,(H,14,16). The second-order valence-electron chi connectivity index (χ2n) is 4.48. The SMILES string of the molecule is CCNC(=O)N1C2CCC1c1ccccc12. The molecule has 1 saturated heterocycles. The molecule has 2 atom stereocenters. The first-order valence-electron chi connectivity index (χ1n) is 5.98. The zero-order valence-corrected chi connectivity index (χ0v) is 9.44. The molecule has 0 radical (unpaired) electrons. The lowest BCUT2D eigenvalue weighted by atomic mass is 9.92. The van der Waals surface area contributed by atoms with Crippen molar-refractivity contribution in [2.45, 2.75) is 31.8 Å². The van der Waals surface area contributed by atoms with Crippen molar-refractivity contribution >= 4 is 6.03 Å². The van der Waals surface area contributed by atoms with Gasteiger partial charge in [0.05, 0.1) is 12.1 Å². The number of benzene rings is 1. The van der Waals surface area contributed by atoms with Gasteiger partial charge in [0.15, 0.2) is 0 Å². The van der Waals surface area contributed by atoms with E-state index in [0.717, 1.165) is 12.8 Å². The predicted octanol–water partition coefficient (Wildman–Crippen LogP) is 2.61. The van der Waals surface area contributed by atoms with Crippen LogP contribution in [-0.2, 0) is 0 Å². The zero-order chi connectivity index (χ0) is 11.1. The molecule has 2 aliphatic heterocycles. The Morgan fingerprint density at radius 1 is 1.31 bits per heavy atom. The third kappa shape index (κ3) is 1.17. The van der Waals surface area contributed by atoms with E-state index in [-0.39, 0.29) is 6.03 Å². The van der Waals surface area contributed by atoms with E-state index in [1.807, 2.05) is 11.8 Å². The molecule has 84 valence electrons. The molecular weight excluding hydrogens is 200 g/mol. The van der Waals surface area contributed by atoms with Gasteiger partial charge in [0, 0.05) is 6.54 Å². The zero-order valence-electron chi connectivity index (χ0n) is 9.44. The molecule has 1 N–H and O–H groups in total. The molecular formula is C13H16N2O. The van der Waals surface area contributed by atoms with Gasteiger partial charge in [0.2, 0.25) is 0 Å². The Kier molecular flexibility index (Phi) is 2.13. The van der Waals surface area contributed by atoms with Gasteiger partial charge in [-0.2, -0.15) is 0 Å². The van der Waals surface area contributed by atoms with Crippen LogP contribution in [0.15, 0.2) is 24.3 Å². The van der Waals surface area contributed by atoms with Crippen LogP contribution in [0.4, 0.5) is 4.79 Å². The summed E-state index contributed by atoms with van der Waals surface area (Å²) in [6.45, 7) is 2.66. The minimum Gasteiger partial charge on any atom is -0.338 e. The average Bonchev–Trinajstić information content (AvgIpc) is 2.86. The summed E-state index contributed by atoms with van der Waals surface area (Å²) in [5.74, 6) is 0. The third-order valence-corrected chi connectivity index (χ3v) is 3.66. The van der Waals surface area contributed by atoms with Crippen molar-refractivity contribution in [3.63, 3.8) is 0 Å². The Bertz CT molecular complexity index is 399. The number of nitrogens with zero attached hydrogens (tertiary/aromatic N) is 1. The van der Waals surface area contributed by atoms with Gasteiger partial charge in [-0.1, -0.05) is 24.3 Å². The fourth-order valence-corrected chi connectivity index (χ4v) is 3.07. The Labute approximate surface area is 95.4 Å². The molecule has 1 aromatic carbocycles. The van der Waals surface area contributed by atoms with E-state index in [9.17, 15) is 4.79 Å². The molecule has 1 aromatic rings. The summed E-state index contributed by atoms with van der Waals surface area (Å²) in [6.07, 6.45) is 2.22. The molecule has 2 bridgehead atoms. The predicted molar refractivity (Wildman–Crippen MR) is 62.1 cm³/mol. The van der Waals surface area contributed by atoms with Gasteiger partial charge in [-0.15, -0.1) is 0 Å². The van der Waals surface area contributed by atoms with Gasteiger partial charge >= 0.3 is 6.03 Å². The summed E-state index contributed by atoms with van der Waals surface area (Å²) in [5, 5.41) is 2.91. The van der Waals surface area contributed by atoms with Crippen molar-refractivity contribution in [2.24, 2.45) is 0 Å². The Hall–Kier alpha value is -1.51. The molecule has 16 heavy (non-hydrogen) atoms. The minimum atomic E-state index is 0.0891. The second kappa shape index (κ2) is 3.51. The molecule has 2 unspecified atom stereocenters. The molecule has 3 rings (SSSR count). The highest BCUT2D eigenvalue weighted by Crippen LogP contribution is 2.52. The number of carbonyl (C=O) groups excluding carboxylic acids is 1. The van der Waals surface area contributed by atoms with Crippen molar-refractivity contribution in [1.29, 1.82) is 0 Å². The van der Waals surface area contributed by atoms with E-state index < -0.39 is 0 Å².